The number of nitrogens with zero attached hydrogens (tertiary/aromatic N) is 1. The lowest BCUT2D eigenvalue weighted by atomic mass is 10.3. The summed E-state index contributed by atoms with van der Waals surface area (Å²) >= 11 is 0. The number of hydrogen-bond donors (Lipinski definition) is 2. The summed E-state index contributed by atoms with van der Waals surface area (Å²) < 4.78 is 5.51. The summed E-state index contributed by atoms with van der Waals surface area (Å²) in [5, 5.41) is 2.68. The van der Waals surface area contributed by atoms with Crippen LogP contribution in [0.5, 0.6) is 11.6 Å². The minimum atomic E-state index is -0.108. The van der Waals surface area contributed by atoms with Gasteiger partial charge in [0.05, 0.1) is 11.9 Å². The van der Waals surface area contributed by atoms with E-state index in [2.05, 4.69) is 10.3 Å². The van der Waals surface area contributed by atoms with Crippen LogP contribution in [0.4, 0.5) is 11.4 Å². The van der Waals surface area contributed by atoms with E-state index in [-0.39, 0.29) is 5.91 Å². The Morgan fingerprint density at radius 2 is 1.94 bits per heavy atom. The highest BCUT2D eigenvalue weighted by atomic mass is 16.5. The first-order valence-corrected chi connectivity index (χ1v) is 5.40. The number of amides is 1. The van der Waals surface area contributed by atoms with Crippen LogP contribution in [0, 0.1) is 0 Å². The molecule has 5 heteroatoms. The SMILES string of the molecule is CC(=O)Nc1ccc(Oc2ccc(N)cn2)cc1. The van der Waals surface area contributed by atoms with Gasteiger partial charge in [0.25, 0.3) is 0 Å². The Bertz CT molecular complexity index is 535. The van der Waals surface area contributed by atoms with Gasteiger partial charge in [-0.2, -0.15) is 0 Å². The van der Waals surface area contributed by atoms with Gasteiger partial charge in [0.1, 0.15) is 5.75 Å². The number of hydrogen-bond acceptors (Lipinski definition) is 4. The van der Waals surface area contributed by atoms with Crippen LogP contribution in [0.15, 0.2) is 42.6 Å². The molecule has 0 fully saturated rings. The molecule has 0 bridgehead atoms. The minimum absolute atomic E-state index is 0.108. The Morgan fingerprint density at radius 1 is 1.22 bits per heavy atom. The predicted molar refractivity (Wildman–Crippen MR) is 69.5 cm³/mol. The van der Waals surface area contributed by atoms with Crippen molar-refractivity contribution in [3.63, 3.8) is 0 Å². The maximum Gasteiger partial charge on any atom is 0.221 e. The van der Waals surface area contributed by atoms with E-state index in [0.29, 0.717) is 17.3 Å². The molecule has 0 aliphatic carbocycles. The summed E-state index contributed by atoms with van der Waals surface area (Å²) in [6.07, 6.45) is 1.53. The van der Waals surface area contributed by atoms with Crippen molar-refractivity contribution in [3.05, 3.63) is 42.6 Å². The number of nitrogen functional groups attached to an aromatic ring is 1. The third-order valence-corrected chi connectivity index (χ3v) is 2.16. The first-order chi connectivity index (χ1) is 8.63. The Balaban J connectivity index is 2.06. The van der Waals surface area contributed by atoms with E-state index in [4.69, 9.17) is 10.5 Å². The molecule has 0 aliphatic heterocycles. The molecule has 1 heterocycles. The van der Waals surface area contributed by atoms with E-state index >= 15 is 0 Å². The molecule has 0 spiro atoms. The van der Waals surface area contributed by atoms with Crippen molar-refractivity contribution < 1.29 is 9.53 Å². The van der Waals surface area contributed by atoms with Crippen molar-refractivity contribution in [1.29, 1.82) is 0 Å². The predicted octanol–water partition coefficient (Wildman–Crippen LogP) is 2.41. The number of carbonyl (C=O) groups excluding carboxylic acids is 1. The second-order valence-electron chi connectivity index (χ2n) is 3.74. The lowest BCUT2D eigenvalue weighted by Crippen LogP contribution is -2.05. The molecule has 2 aromatic rings. The largest absolute Gasteiger partial charge is 0.439 e. The van der Waals surface area contributed by atoms with Crippen molar-refractivity contribution in [2.24, 2.45) is 0 Å². The number of carbonyl (C=O) groups is 1. The van der Waals surface area contributed by atoms with Crippen LogP contribution < -0.4 is 15.8 Å². The second-order valence-corrected chi connectivity index (χ2v) is 3.74. The summed E-state index contributed by atoms with van der Waals surface area (Å²) in [5.74, 6) is 1.00. The van der Waals surface area contributed by atoms with Gasteiger partial charge in [-0.15, -0.1) is 0 Å². The Kier molecular flexibility index (Phi) is 3.43. The zero-order valence-electron chi connectivity index (χ0n) is 9.88. The first kappa shape index (κ1) is 11.9. The molecule has 0 unspecified atom stereocenters. The Labute approximate surface area is 105 Å². The Hall–Kier alpha value is -2.56. The van der Waals surface area contributed by atoms with Crippen LogP contribution in [0.2, 0.25) is 0 Å². The lowest BCUT2D eigenvalue weighted by Gasteiger charge is -2.06. The normalized spacial score (nSPS) is 9.83. The number of pyridine rings is 1. The van der Waals surface area contributed by atoms with Gasteiger partial charge in [0.15, 0.2) is 0 Å². The monoisotopic (exact) mass is 243 g/mol. The molecular weight excluding hydrogens is 230 g/mol. The van der Waals surface area contributed by atoms with E-state index in [9.17, 15) is 4.79 Å². The van der Waals surface area contributed by atoms with Crippen molar-refractivity contribution in [2.45, 2.75) is 6.92 Å². The van der Waals surface area contributed by atoms with Gasteiger partial charge < -0.3 is 15.8 Å². The fourth-order valence-corrected chi connectivity index (χ4v) is 1.38. The molecule has 3 N–H and O–H groups in total. The van der Waals surface area contributed by atoms with Crippen LogP contribution in [0.1, 0.15) is 6.92 Å². The number of nitrogens with two attached hydrogens (primary N) is 1. The minimum Gasteiger partial charge on any atom is -0.439 e. The quantitative estimate of drug-likeness (QED) is 0.867. The summed E-state index contributed by atoms with van der Waals surface area (Å²) in [5.41, 5.74) is 6.84. The molecular formula is C13H13N3O2. The van der Waals surface area contributed by atoms with Gasteiger partial charge in [-0.25, -0.2) is 4.98 Å². The number of rotatable bonds is 3. The molecule has 1 aromatic heterocycles. The van der Waals surface area contributed by atoms with Crippen LogP contribution in [-0.2, 0) is 4.79 Å². The van der Waals surface area contributed by atoms with Crippen LogP contribution in [-0.4, -0.2) is 10.9 Å². The number of nitrogens with one attached hydrogen (secondary N) is 1. The molecule has 1 amide bonds. The van der Waals surface area contributed by atoms with Gasteiger partial charge in [-0.05, 0) is 30.3 Å². The fourth-order valence-electron chi connectivity index (χ4n) is 1.38. The molecule has 0 radical (unpaired) electrons. The summed E-state index contributed by atoms with van der Waals surface area (Å²) in [6.45, 7) is 1.46. The third kappa shape index (κ3) is 3.21. The molecule has 0 saturated heterocycles. The van der Waals surface area contributed by atoms with Gasteiger partial charge in [0, 0.05) is 18.7 Å². The van der Waals surface area contributed by atoms with E-state index in [1.54, 1.807) is 36.4 Å². The van der Waals surface area contributed by atoms with E-state index in [1.807, 2.05) is 0 Å². The topological polar surface area (TPSA) is 77.2 Å². The van der Waals surface area contributed by atoms with Crippen LogP contribution in [0.25, 0.3) is 0 Å². The number of aromatic nitrogens is 1. The molecule has 5 nitrogen and oxygen atoms in total. The Morgan fingerprint density at radius 3 is 2.50 bits per heavy atom. The maximum absolute atomic E-state index is 10.9. The van der Waals surface area contributed by atoms with Crippen molar-refractivity contribution in [1.82, 2.24) is 4.98 Å². The summed E-state index contributed by atoms with van der Waals surface area (Å²) in [4.78, 5) is 14.9. The molecule has 0 saturated carbocycles. The zero-order chi connectivity index (χ0) is 13.0. The third-order valence-electron chi connectivity index (χ3n) is 2.16. The number of ether oxygens (including phenoxy) is 1. The number of benzene rings is 1. The highest BCUT2D eigenvalue weighted by Crippen LogP contribution is 2.21. The van der Waals surface area contributed by atoms with Crippen LogP contribution >= 0.6 is 0 Å². The molecule has 92 valence electrons. The average Bonchev–Trinajstić information content (AvgIpc) is 2.34. The van der Waals surface area contributed by atoms with Crippen molar-refractivity contribution >= 4 is 17.3 Å². The average molecular weight is 243 g/mol. The highest BCUT2D eigenvalue weighted by molar-refractivity contribution is 5.88. The van der Waals surface area contributed by atoms with Crippen molar-refractivity contribution in [2.75, 3.05) is 11.1 Å². The van der Waals surface area contributed by atoms with Gasteiger partial charge in [-0.3, -0.25) is 4.79 Å². The number of anilines is 2. The summed E-state index contributed by atoms with van der Waals surface area (Å²) in [7, 11) is 0. The maximum atomic E-state index is 10.9. The fraction of sp³-hybridized carbons (Fsp3) is 0.0769. The second kappa shape index (κ2) is 5.18. The van der Waals surface area contributed by atoms with Crippen LogP contribution in [0.3, 0.4) is 0 Å². The lowest BCUT2D eigenvalue weighted by molar-refractivity contribution is -0.114. The molecule has 0 aliphatic rings. The smallest absolute Gasteiger partial charge is 0.221 e. The van der Waals surface area contributed by atoms with Gasteiger partial charge in [0.2, 0.25) is 11.8 Å². The standard InChI is InChI=1S/C13H13N3O2/c1-9(17)16-11-3-5-12(6-4-11)18-13-7-2-10(14)8-15-13/h2-8H,14H2,1H3,(H,16,17). The molecule has 2 rings (SSSR count). The van der Waals surface area contributed by atoms with Crippen molar-refractivity contribution in [3.8, 4) is 11.6 Å². The molecule has 18 heavy (non-hydrogen) atoms. The van der Waals surface area contributed by atoms with Gasteiger partial charge in [-0.1, -0.05) is 0 Å². The van der Waals surface area contributed by atoms with E-state index < -0.39 is 0 Å². The highest BCUT2D eigenvalue weighted by Gasteiger charge is 1.99. The van der Waals surface area contributed by atoms with E-state index in [0.717, 1.165) is 5.69 Å². The first-order valence-electron chi connectivity index (χ1n) is 5.40. The molecule has 1 aromatic carbocycles. The molecule has 0 atom stereocenters. The zero-order valence-corrected chi connectivity index (χ0v) is 9.88. The van der Waals surface area contributed by atoms with E-state index in [1.165, 1.54) is 13.1 Å². The van der Waals surface area contributed by atoms with Gasteiger partial charge >= 0.3 is 0 Å². The summed E-state index contributed by atoms with van der Waals surface area (Å²) in [6, 6.07) is 10.4.